The van der Waals surface area contributed by atoms with Crippen molar-refractivity contribution in [1.82, 2.24) is 10.2 Å². The summed E-state index contributed by atoms with van der Waals surface area (Å²) in [6, 6.07) is 0. The Labute approximate surface area is 98.2 Å². The Balaban J connectivity index is 1.54. The number of hydrogen-bond donors (Lipinski definition) is 1. The highest BCUT2D eigenvalue weighted by atomic mass is 32.2. The van der Waals surface area contributed by atoms with E-state index in [0.29, 0.717) is 4.75 Å². The minimum Gasteiger partial charge on any atom is -0.314 e. The molecule has 1 saturated carbocycles. The van der Waals surface area contributed by atoms with Gasteiger partial charge in [0, 0.05) is 24.4 Å². The second kappa shape index (κ2) is 5.55. The fourth-order valence-corrected chi connectivity index (χ4v) is 3.53. The average molecular weight is 228 g/mol. The molecule has 1 aliphatic heterocycles. The Morgan fingerprint density at radius 1 is 1.20 bits per heavy atom. The summed E-state index contributed by atoms with van der Waals surface area (Å²) in [7, 11) is 0. The van der Waals surface area contributed by atoms with Crippen LogP contribution in [0.3, 0.4) is 0 Å². The van der Waals surface area contributed by atoms with Crippen LogP contribution in [0.15, 0.2) is 0 Å². The fourth-order valence-electron chi connectivity index (χ4n) is 2.58. The highest BCUT2D eigenvalue weighted by Crippen LogP contribution is 2.42. The van der Waals surface area contributed by atoms with Crippen molar-refractivity contribution in [1.29, 1.82) is 0 Å². The topological polar surface area (TPSA) is 15.3 Å². The van der Waals surface area contributed by atoms with E-state index in [-0.39, 0.29) is 0 Å². The summed E-state index contributed by atoms with van der Waals surface area (Å²) in [6.07, 6.45) is 9.37. The van der Waals surface area contributed by atoms with Crippen LogP contribution in [-0.4, -0.2) is 48.6 Å². The largest absolute Gasteiger partial charge is 0.314 e. The van der Waals surface area contributed by atoms with Crippen molar-refractivity contribution < 1.29 is 0 Å². The predicted molar refractivity (Wildman–Crippen MR) is 68.6 cm³/mol. The predicted octanol–water partition coefficient (Wildman–Crippen LogP) is 1.96. The summed E-state index contributed by atoms with van der Waals surface area (Å²) in [5, 5.41) is 3.64. The lowest BCUT2D eigenvalue weighted by Crippen LogP contribution is -2.45. The maximum Gasteiger partial charge on any atom is 0.0281 e. The lowest BCUT2D eigenvalue weighted by molar-refractivity contribution is 0.311. The van der Waals surface area contributed by atoms with Gasteiger partial charge in [-0.2, -0.15) is 11.8 Å². The van der Waals surface area contributed by atoms with Crippen molar-refractivity contribution in [2.24, 2.45) is 0 Å². The van der Waals surface area contributed by atoms with Gasteiger partial charge in [0.2, 0.25) is 0 Å². The van der Waals surface area contributed by atoms with Crippen molar-refractivity contribution in [2.75, 3.05) is 39.0 Å². The van der Waals surface area contributed by atoms with Gasteiger partial charge in [-0.05, 0) is 45.0 Å². The van der Waals surface area contributed by atoms with Gasteiger partial charge in [-0.15, -0.1) is 0 Å². The molecule has 1 saturated heterocycles. The summed E-state index contributed by atoms with van der Waals surface area (Å²) in [4.78, 5) is 2.58. The van der Waals surface area contributed by atoms with Gasteiger partial charge in [-0.25, -0.2) is 0 Å². The molecule has 0 aromatic carbocycles. The molecule has 0 radical (unpaired) electrons. The Bertz CT molecular complexity index is 181. The molecule has 88 valence electrons. The monoisotopic (exact) mass is 228 g/mol. The highest BCUT2D eigenvalue weighted by Gasteiger charge is 2.35. The smallest absolute Gasteiger partial charge is 0.0281 e. The van der Waals surface area contributed by atoms with Crippen LogP contribution in [-0.2, 0) is 0 Å². The number of likely N-dealkylation sites (tertiary alicyclic amines) is 1. The first kappa shape index (κ1) is 11.7. The molecule has 1 heterocycles. The number of rotatable bonds is 6. The van der Waals surface area contributed by atoms with E-state index in [0.717, 1.165) is 0 Å². The second-order valence-electron chi connectivity index (χ2n) is 4.97. The van der Waals surface area contributed by atoms with Crippen LogP contribution >= 0.6 is 11.8 Å². The summed E-state index contributed by atoms with van der Waals surface area (Å²) in [6.45, 7) is 6.32. The molecule has 0 bridgehead atoms. The van der Waals surface area contributed by atoms with Gasteiger partial charge in [0.1, 0.15) is 0 Å². The third-order valence-corrected chi connectivity index (χ3v) is 5.37. The van der Waals surface area contributed by atoms with Crippen molar-refractivity contribution in [3.8, 4) is 0 Å². The van der Waals surface area contributed by atoms with Gasteiger partial charge in [-0.1, -0.05) is 6.42 Å². The molecule has 0 aromatic heterocycles. The van der Waals surface area contributed by atoms with Crippen LogP contribution < -0.4 is 5.32 Å². The average Bonchev–Trinajstić information content (AvgIpc) is 2.68. The summed E-state index contributed by atoms with van der Waals surface area (Å²) in [5.41, 5.74) is 0. The van der Waals surface area contributed by atoms with E-state index in [9.17, 15) is 0 Å². The molecule has 15 heavy (non-hydrogen) atoms. The Kier molecular flexibility index (Phi) is 4.35. The van der Waals surface area contributed by atoms with Gasteiger partial charge in [-0.3, -0.25) is 0 Å². The SMILES string of the molecule is CSC1(CNCCN2CCCC2)CCC1. The Morgan fingerprint density at radius 3 is 2.47 bits per heavy atom. The van der Waals surface area contributed by atoms with Crippen LogP contribution in [0.2, 0.25) is 0 Å². The minimum atomic E-state index is 0.602. The van der Waals surface area contributed by atoms with E-state index in [4.69, 9.17) is 0 Å². The number of thioether (sulfide) groups is 1. The van der Waals surface area contributed by atoms with Crippen molar-refractivity contribution >= 4 is 11.8 Å². The number of nitrogens with zero attached hydrogens (tertiary/aromatic N) is 1. The third kappa shape index (κ3) is 3.11. The molecule has 0 amide bonds. The summed E-state index contributed by atoms with van der Waals surface area (Å²) in [5.74, 6) is 0. The van der Waals surface area contributed by atoms with Gasteiger partial charge >= 0.3 is 0 Å². The van der Waals surface area contributed by atoms with Crippen molar-refractivity contribution in [2.45, 2.75) is 36.9 Å². The molecule has 0 spiro atoms. The normalized spacial score (nSPS) is 25.4. The summed E-state index contributed by atoms with van der Waals surface area (Å²) >= 11 is 2.07. The van der Waals surface area contributed by atoms with Crippen LogP contribution in [0.25, 0.3) is 0 Å². The van der Waals surface area contributed by atoms with E-state index < -0.39 is 0 Å². The Morgan fingerprint density at radius 2 is 1.93 bits per heavy atom. The molecule has 0 aromatic rings. The van der Waals surface area contributed by atoms with Gasteiger partial charge in [0.25, 0.3) is 0 Å². The molecule has 0 unspecified atom stereocenters. The van der Waals surface area contributed by atoms with Crippen LogP contribution in [0.1, 0.15) is 32.1 Å². The molecular formula is C12H24N2S. The lowest BCUT2D eigenvalue weighted by atomic mass is 9.84. The first-order valence-corrected chi connectivity index (χ1v) is 7.55. The van der Waals surface area contributed by atoms with Crippen molar-refractivity contribution in [3.05, 3.63) is 0 Å². The summed E-state index contributed by atoms with van der Waals surface area (Å²) < 4.78 is 0.602. The zero-order chi connectivity index (χ0) is 10.6. The Hall–Kier alpha value is 0.270. The minimum absolute atomic E-state index is 0.602. The molecule has 2 fully saturated rings. The molecule has 2 aliphatic rings. The van der Waals surface area contributed by atoms with E-state index in [1.807, 2.05) is 0 Å². The van der Waals surface area contributed by atoms with E-state index in [1.165, 1.54) is 64.8 Å². The molecule has 1 aliphatic carbocycles. The van der Waals surface area contributed by atoms with E-state index in [2.05, 4.69) is 28.2 Å². The molecule has 2 nitrogen and oxygen atoms in total. The fraction of sp³-hybridized carbons (Fsp3) is 1.00. The first-order valence-electron chi connectivity index (χ1n) is 6.33. The van der Waals surface area contributed by atoms with Gasteiger partial charge in [0.15, 0.2) is 0 Å². The molecular weight excluding hydrogens is 204 g/mol. The van der Waals surface area contributed by atoms with E-state index >= 15 is 0 Å². The lowest BCUT2D eigenvalue weighted by Gasteiger charge is -2.40. The second-order valence-corrected chi connectivity index (χ2v) is 6.24. The van der Waals surface area contributed by atoms with Gasteiger partial charge < -0.3 is 10.2 Å². The zero-order valence-electron chi connectivity index (χ0n) is 9.93. The van der Waals surface area contributed by atoms with Crippen molar-refractivity contribution in [3.63, 3.8) is 0 Å². The zero-order valence-corrected chi connectivity index (χ0v) is 10.7. The maximum absolute atomic E-state index is 3.64. The third-order valence-electron chi connectivity index (χ3n) is 3.95. The molecule has 0 atom stereocenters. The quantitative estimate of drug-likeness (QED) is 0.700. The standard InChI is InChI=1S/C12H24N2S/c1-15-12(5-4-6-12)11-13-7-10-14-8-2-3-9-14/h13H,2-11H2,1H3. The maximum atomic E-state index is 3.64. The van der Waals surface area contributed by atoms with Gasteiger partial charge in [0.05, 0.1) is 0 Å². The molecule has 3 heteroatoms. The first-order chi connectivity index (χ1) is 7.35. The number of nitrogens with one attached hydrogen (secondary N) is 1. The van der Waals surface area contributed by atoms with Crippen LogP contribution in [0.4, 0.5) is 0 Å². The molecule has 1 N–H and O–H groups in total. The van der Waals surface area contributed by atoms with Crippen LogP contribution in [0, 0.1) is 0 Å². The number of hydrogen-bond acceptors (Lipinski definition) is 3. The highest BCUT2D eigenvalue weighted by molar-refractivity contribution is 8.00. The molecule has 2 rings (SSSR count). The van der Waals surface area contributed by atoms with E-state index in [1.54, 1.807) is 0 Å². The van der Waals surface area contributed by atoms with Crippen LogP contribution in [0.5, 0.6) is 0 Å².